The number of benzene rings is 3. The molecule has 0 aromatic heterocycles. The normalized spacial score (nSPS) is 18.5. The molecule has 0 radical (unpaired) electrons. The van der Waals surface area contributed by atoms with Gasteiger partial charge < -0.3 is 5.11 Å². The Bertz CT molecular complexity index is 1100. The van der Waals surface area contributed by atoms with Gasteiger partial charge in [0.15, 0.2) is 0 Å². The summed E-state index contributed by atoms with van der Waals surface area (Å²) in [5.41, 5.74) is 2.25. The fraction of sp³-hybridized carbons (Fsp3) is 0.333. The molecule has 2 atom stereocenters. The Kier molecular flexibility index (Phi) is 6.77. The molecular formula is C27H28O3S. The lowest BCUT2D eigenvalue weighted by atomic mass is 9.90. The molecule has 3 aromatic carbocycles. The number of carboxylic acid groups (broad SMARTS) is 1. The van der Waals surface area contributed by atoms with Gasteiger partial charge in [-0.25, -0.2) is 4.79 Å². The molecular weight excluding hydrogens is 404 g/mol. The zero-order chi connectivity index (χ0) is 21.8. The quantitative estimate of drug-likeness (QED) is 0.410. The molecule has 0 heterocycles. The first kappa shape index (κ1) is 21.6. The van der Waals surface area contributed by atoms with E-state index < -0.39 is 5.97 Å². The van der Waals surface area contributed by atoms with Crippen LogP contribution in [-0.2, 0) is 11.2 Å². The van der Waals surface area contributed by atoms with E-state index in [1.165, 1.54) is 15.7 Å². The molecule has 3 aromatic rings. The van der Waals surface area contributed by atoms with E-state index in [-0.39, 0.29) is 5.92 Å². The average Bonchev–Trinajstić information content (AvgIpc) is 3.12. The maximum atomic E-state index is 12.6. The third kappa shape index (κ3) is 5.01. The third-order valence-corrected chi connectivity index (χ3v) is 7.68. The van der Waals surface area contributed by atoms with E-state index >= 15 is 0 Å². The zero-order valence-electron chi connectivity index (χ0n) is 17.8. The Hall–Kier alpha value is -2.59. The molecule has 3 nitrogen and oxygen atoms in total. The van der Waals surface area contributed by atoms with Gasteiger partial charge in [0, 0.05) is 23.0 Å². The standard InChI is InChI=1S/C27H28O3S/c1-18-12-13-19(16-23(18)27(29)30)6-4-8-21-14-15-25(28)24(21)17-31-26-11-5-9-20-7-2-3-10-22(20)26/h2-3,5,7,9-13,16,21,24H,4,6,8,14-15,17H2,1H3,(H,29,30)/t21-,24+/m0/s1. The van der Waals surface area contributed by atoms with Crippen LogP contribution in [0.25, 0.3) is 10.8 Å². The third-order valence-electron chi connectivity index (χ3n) is 6.48. The fourth-order valence-corrected chi connectivity index (χ4v) is 6.01. The van der Waals surface area contributed by atoms with Gasteiger partial charge in [0.1, 0.15) is 5.78 Å². The number of rotatable bonds is 8. The largest absolute Gasteiger partial charge is 0.478 e. The highest BCUT2D eigenvalue weighted by Crippen LogP contribution is 2.38. The molecule has 1 N–H and O–H groups in total. The second-order valence-electron chi connectivity index (χ2n) is 8.51. The van der Waals surface area contributed by atoms with Crippen molar-refractivity contribution in [2.75, 3.05) is 5.75 Å². The molecule has 1 aliphatic carbocycles. The monoisotopic (exact) mass is 432 g/mol. The van der Waals surface area contributed by atoms with Gasteiger partial charge in [0.25, 0.3) is 0 Å². The lowest BCUT2D eigenvalue weighted by Crippen LogP contribution is -2.17. The van der Waals surface area contributed by atoms with E-state index in [9.17, 15) is 14.7 Å². The van der Waals surface area contributed by atoms with Gasteiger partial charge in [0.2, 0.25) is 0 Å². The fourth-order valence-electron chi connectivity index (χ4n) is 4.68. The molecule has 1 fully saturated rings. The summed E-state index contributed by atoms with van der Waals surface area (Å²) in [7, 11) is 0. The molecule has 4 heteroatoms. The number of aromatic carboxylic acids is 1. The average molecular weight is 433 g/mol. The number of carbonyl (C=O) groups excluding carboxylic acids is 1. The minimum absolute atomic E-state index is 0.122. The van der Waals surface area contributed by atoms with Gasteiger partial charge in [-0.1, -0.05) is 48.5 Å². The summed E-state index contributed by atoms with van der Waals surface area (Å²) < 4.78 is 0. The van der Waals surface area contributed by atoms with Crippen LogP contribution in [-0.4, -0.2) is 22.6 Å². The summed E-state index contributed by atoms with van der Waals surface area (Å²) in [5.74, 6) is 0.925. The smallest absolute Gasteiger partial charge is 0.335 e. The number of ketones is 1. The first-order valence-corrected chi connectivity index (χ1v) is 12.0. The van der Waals surface area contributed by atoms with Crippen molar-refractivity contribution in [3.63, 3.8) is 0 Å². The molecule has 1 aliphatic rings. The summed E-state index contributed by atoms with van der Waals surface area (Å²) in [5, 5.41) is 11.8. The van der Waals surface area contributed by atoms with Crippen LogP contribution < -0.4 is 0 Å². The SMILES string of the molecule is Cc1ccc(CCC[C@H]2CCC(=O)[C@@H]2CSc2cccc3ccccc23)cc1C(=O)O. The first-order chi connectivity index (χ1) is 15.0. The number of hydrogen-bond donors (Lipinski definition) is 1. The number of carbonyl (C=O) groups is 2. The molecule has 0 spiro atoms. The van der Waals surface area contributed by atoms with Gasteiger partial charge in [-0.3, -0.25) is 4.79 Å². The van der Waals surface area contributed by atoms with Gasteiger partial charge >= 0.3 is 5.97 Å². The van der Waals surface area contributed by atoms with E-state index in [0.29, 0.717) is 23.7 Å². The maximum Gasteiger partial charge on any atom is 0.335 e. The van der Waals surface area contributed by atoms with Crippen molar-refractivity contribution in [3.8, 4) is 0 Å². The number of Topliss-reactive ketones (excluding diaryl/α,β-unsaturated/α-hetero) is 1. The summed E-state index contributed by atoms with van der Waals surface area (Å²) in [6.07, 6.45) is 4.53. The molecule has 4 rings (SSSR count). The Morgan fingerprint density at radius 3 is 2.74 bits per heavy atom. The molecule has 1 saturated carbocycles. The summed E-state index contributed by atoms with van der Waals surface area (Å²) >= 11 is 1.81. The van der Waals surface area contributed by atoms with Crippen molar-refractivity contribution in [2.24, 2.45) is 11.8 Å². The molecule has 0 unspecified atom stereocenters. The van der Waals surface area contributed by atoms with Crippen molar-refractivity contribution in [3.05, 3.63) is 77.4 Å². The van der Waals surface area contributed by atoms with Crippen LogP contribution in [0.4, 0.5) is 0 Å². The van der Waals surface area contributed by atoms with Crippen LogP contribution in [0.3, 0.4) is 0 Å². The van der Waals surface area contributed by atoms with Crippen LogP contribution in [0.2, 0.25) is 0 Å². The Morgan fingerprint density at radius 2 is 1.90 bits per heavy atom. The van der Waals surface area contributed by atoms with Crippen LogP contribution >= 0.6 is 11.8 Å². The van der Waals surface area contributed by atoms with Gasteiger partial charge in [-0.2, -0.15) is 0 Å². The van der Waals surface area contributed by atoms with Gasteiger partial charge in [-0.05, 0) is 72.6 Å². The lowest BCUT2D eigenvalue weighted by Gasteiger charge is -2.18. The second-order valence-corrected chi connectivity index (χ2v) is 9.57. The van der Waals surface area contributed by atoms with Crippen molar-refractivity contribution in [2.45, 2.75) is 43.9 Å². The topological polar surface area (TPSA) is 54.4 Å². The highest BCUT2D eigenvalue weighted by molar-refractivity contribution is 7.99. The predicted octanol–water partition coefficient (Wildman–Crippen LogP) is 6.56. The van der Waals surface area contributed by atoms with Crippen molar-refractivity contribution >= 4 is 34.3 Å². The van der Waals surface area contributed by atoms with Crippen molar-refractivity contribution in [1.82, 2.24) is 0 Å². The zero-order valence-corrected chi connectivity index (χ0v) is 18.7. The van der Waals surface area contributed by atoms with Crippen molar-refractivity contribution < 1.29 is 14.7 Å². The number of fused-ring (bicyclic) bond motifs is 1. The van der Waals surface area contributed by atoms with E-state index in [2.05, 4.69) is 42.5 Å². The van der Waals surface area contributed by atoms with Gasteiger partial charge in [-0.15, -0.1) is 11.8 Å². The molecule has 0 aliphatic heterocycles. The van der Waals surface area contributed by atoms with E-state index in [4.69, 9.17) is 0 Å². The summed E-state index contributed by atoms with van der Waals surface area (Å²) in [6.45, 7) is 1.83. The first-order valence-electron chi connectivity index (χ1n) is 11.0. The minimum atomic E-state index is -0.869. The predicted molar refractivity (Wildman–Crippen MR) is 127 cm³/mol. The maximum absolute atomic E-state index is 12.6. The Balaban J connectivity index is 1.36. The van der Waals surface area contributed by atoms with Crippen LogP contribution in [0.5, 0.6) is 0 Å². The van der Waals surface area contributed by atoms with Crippen LogP contribution in [0, 0.1) is 18.8 Å². The Morgan fingerprint density at radius 1 is 1.10 bits per heavy atom. The number of aryl methyl sites for hydroxylation is 2. The number of hydrogen-bond acceptors (Lipinski definition) is 3. The number of carboxylic acids is 1. The van der Waals surface area contributed by atoms with E-state index in [1.54, 1.807) is 17.8 Å². The van der Waals surface area contributed by atoms with E-state index in [0.717, 1.165) is 42.6 Å². The summed E-state index contributed by atoms with van der Waals surface area (Å²) in [6, 6.07) is 20.5. The van der Waals surface area contributed by atoms with Crippen LogP contribution in [0.1, 0.15) is 47.2 Å². The lowest BCUT2D eigenvalue weighted by molar-refractivity contribution is -0.120. The highest BCUT2D eigenvalue weighted by Gasteiger charge is 2.34. The van der Waals surface area contributed by atoms with Crippen molar-refractivity contribution in [1.29, 1.82) is 0 Å². The van der Waals surface area contributed by atoms with Gasteiger partial charge in [0.05, 0.1) is 5.56 Å². The minimum Gasteiger partial charge on any atom is -0.478 e. The molecule has 0 saturated heterocycles. The van der Waals surface area contributed by atoms with E-state index in [1.807, 2.05) is 19.1 Å². The summed E-state index contributed by atoms with van der Waals surface area (Å²) in [4.78, 5) is 25.2. The molecule has 0 amide bonds. The second kappa shape index (κ2) is 9.69. The Labute approximate surface area is 187 Å². The highest BCUT2D eigenvalue weighted by atomic mass is 32.2. The molecule has 160 valence electrons. The molecule has 31 heavy (non-hydrogen) atoms. The number of thioether (sulfide) groups is 1. The molecule has 0 bridgehead atoms. The van der Waals surface area contributed by atoms with Crippen LogP contribution in [0.15, 0.2) is 65.6 Å².